The minimum atomic E-state index is 0.0134. The van der Waals surface area contributed by atoms with Gasteiger partial charge in [-0.15, -0.1) is 0 Å². The van der Waals surface area contributed by atoms with Crippen LogP contribution in [0.2, 0.25) is 0 Å². The number of nitrogens with two attached hydrogens (primary N) is 1. The summed E-state index contributed by atoms with van der Waals surface area (Å²) in [4.78, 5) is 16.9. The molecule has 0 radical (unpaired) electrons. The predicted octanol–water partition coefficient (Wildman–Crippen LogP) is 4.08. The van der Waals surface area contributed by atoms with Gasteiger partial charge in [-0.2, -0.15) is 0 Å². The van der Waals surface area contributed by atoms with Crippen molar-refractivity contribution in [3.05, 3.63) is 54.4 Å². The molecule has 1 heterocycles. The minimum Gasteiger partial charge on any atom is -0.349 e. The van der Waals surface area contributed by atoms with Gasteiger partial charge in [0.15, 0.2) is 0 Å². The summed E-state index contributed by atoms with van der Waals surface area (Å²) in [6.07, 6.45) is 9.17. The molecule has 1 aromatic heterocycles. The van der Waals surface area contributed by atoms with Crippen LogP contribution in [-0.2, 0) is 4.79 Å². The highest BCUT2D eigenvalue weighted by atomic mass is 16.1. The number of rotatable bonds is 4. The number of benzene rings is 1. The third-order valence-corrected chi connectivity index (χ3v) is 6.57. The van der Waals surface area contributed by atoms with Gasteiger partial charge in [0.2, 0.25) is 5.91 Å². The summed E-state index contributed by atoms with van der Waals surface area (Å²) >= 11 is 0. The lowest BCUT2D eigenvalue weighted by Gasteiger charge is -2.43. The first-order chi connectivity index (χ1) is 13.1. The Kier molecular flexibility index (Phi) is 5.26. The van der Waals surface area contributed by atoms with Crippen LogP contribution in [-0.4, -0.2) is 16.9 Å². The van der Waals surface area contributed by atoms with Crippen molar-refractivity contribution in [2.24, 2.45) is 23.5 Å². The number of hydrogen-bond acceptors (Lipinski definition) is 3. The van der Waals surface area contributed by atoms with Crippen molar-refractivity contribution in [3.63, 3.8) is 0 Å². The van der Waals surface area contributed by atoms with Gasteiger partial charge in [0.05, 0.1) is 6.04 Å². The summed E-state index contributed by atoms with van der Waals surface area (Å²) in [5.74, 6) is 1.38. The van der Waals surface area contributed by atoms with E-state index in [4.69, 9.17) is 5.73 Å². The van der Waals surface area contributed by atoms with E-state index >= 15 is 0 Å². The first-order valence-electron chi connectivity index (χ1n) is 10.2. The molecule has 27 heavy (non-hydrogen) atoms. The molecule has 0 aliphatic heterocycles. The summed E-state index contributed by atoms with van der Waals surface area (Å²) in [7, 11) is 0. The first-order valence-corrected chi connectivity index (χ1v) is 10.2. The van der Waals surface area contributed by atoms with E-state index in [2.05, 4.69) is 41.5 Å². The van der Waals surface area contributed by atoms with Crippen LogP contribution >= 0.6 is 0 Å². The molecule has 2 aliphatic carbocycles. The highest BCUT2D eigenvalue weighted by molar-refractivity contribution is 5.79. The van der Waals surface area contributed by atoms with E-state index in [9.17, 15) is 4.79 Å². The quantitative estimate of drug-likeness (QED) is 0.860. The maximum Gasteiger partial charge on any atom is 0.223 e. The van der Waals surface area contributed by atoms with Gasteiger partial charge in [-0.05, 0) is 73.3 Å². The third kappa shape index (κ3) is 3.91. The lowest BCUT2D eigenvalue weighted by atomic mass is 9.65. The Morgan fingerprint density at radius 1 is 1.04 bits per heavy atom. The van der Waals surface area contributed by atoms with Crippen LogP contribution in [0.25, 0.3) is 11.1 Å². The van der Waals surface area contributed by atoms with Crippen LogP contribution in [0.15, 0.2) is 48.8 Å². The van der Waals surface area contributed by atoms with E-state index in [-0.39, 0.29) is 17.9 Å². The van der Waals surface area contributed by atoms with E-state index in [0.29, 0.717) is 17.9 Å². The summed E-state index contributed by atoms with van der Waals surface area (Å²) < 4.78 is 0. The summed E-state index contributed by atoms with van der Waals surface area (Å²) in [6, 6.07) is 12.8. The molecule has 2 bridgehead atoms. The fourth-order valence-corrected chi connectivity index (χ4v) is 4.93. The van der Waals surface area contributed by atoms with Crippen molar-refractivity contribution in [1.82, 2.24) is 10.3 Å². The predicted molar refractivity (Wildman–Crippen MR) is 108 cm³/mol. The Morgan fingerprint density at radius 2 is 1.63 bits per heavy atom. The van der Waals surface area contributed by atoms with Crippen molar-refractivity contribution < 1.29 is 4.79 Å². The zero-order valence-electron chi connectivity index (χ0n) is 16.0. The molecule has 3 unspecified atom stereocenters. The monoisotopic (exact) mass is 363 g/mol. The Bertz CT molecular complexity index is 760. The second-order valence-electron chi connectivity index (χ2n) is 8.28. The van der Waals surface area contributed by atoms with Crippen LogP contribution < -0.4 is 11.1 Å². The number of carbonyl (C=O) groups excluding carboxylic acids is 1. The largest absolute Gasteiger partial charge is 0.349 e. The molecule has 2 aromatic rings. The number of fused-ring (bicyclic) bond motifs is 2. The number of nitrogens with one attached hydrogen (secondary N) is 1. The lowest BCUT2D eigenvalue weighted by Crippen LogP contribution is -2.49. The fraction of sp³-hybridized carbons (Fsp3) is 0.478. The Labute approximate surface area is 161 Å². The number of hydrogen-bond donors (Lipinski definition) is 2. The van der Waals surface area contributed by atoms with Gasteiger partial charge < -0.3 is 11.1 Å². The molecule has 0 spiro atoms. The van der Waals surface area contributed by atoms with Crippen molar-refractivity contribution in [3.8, 4) is 11.1 Å². The molecular formula is C23H29N3O. The second kappa shape index (κ2) is 7.81. The van der Waals surface area contributed by atoms with Gasteiger partial charge in [0.1, 0.15) is 0 Å². The van der Waals surface area contributed by atoms with Gasteiger partial charge in [-0.25, -0.2) is 0 Å². The third-order valence-electron chi connectivity index (χ3n) is 6.57. The highest BCUT2D eigenvalue weighted by Crippen LogP contribution is 2.42. The van der Waals surface area contributed by atoms with Crippen LogP contribution in [0.4, 0.5) is 0 Å². The Hall–Kier alpha value is -2.20. The molecule has 3 atom stereocenters. The summed E-state index contributed by atoms with van der Waals surface area (Å²) in [5.41, 5.74) is 9.81. The van der Waals surface area contributed by atoms with E-state index in [1.807, 2.05) is 12.1 Å². The van der Waals surface area contributed by atoms with Crippen molar-refractivity contribution in [2.45, 2.75) is 51.1 Å². The number of carbonyl (C=O) groups is 1. The normalized spacial score (nSPS) is 28.4. The smallest absolute Gasteiger partial charge is 0.223 e. The van der Waals surface area contributed by atoms with Crippen LogP contribution in [0.3, 0.4) is 0 Å². The van der Waals surface area contributed by atoms with Gasteiger partial charge in [0.25, 0.3) is 0 Å². The molecule has 1 aromatic carbocycles. The molecule has 1 amide bonds. The molecule has 4 rings (SSSR count). The topological polar surface area (TPSA) is 68.0 Å². The van der Waals surface area contributed by atoms with E-state index < -0.39 is 0 Å². The average Bonchev–Trinajstić information content (AvgIpc) is 2.68. The van der Waals surface area contributed by atoms with Crippen LogP contribution in [0.5, 0.6) is 0 Å². The Morgan fingerprint density at radius 3 is 2.26 bits per heavy atom. The molecular weight excluding hydrogens is 334 g/mol. The SMILES string of the molecule is CC(NC(=O)C1CC2CCCC(C1)C2N)c1ccc(-c2ccncc2)cc1. The van der Waals surface area contributed by atoms with E-state index in [1.165, 1.54) is 19.3 Å². The molecule has 142 valence electrons. The molecule has 2 saturated carbocycles. The lowest BCUT2D eigenvalue weighted by molar-refractivity contribution is -0.128. The van der Waals surface area contributed by atoms with Crippen LogP contribution in [0, 0.1) is 17.8 Å². The van der Waals surface area contributed by atoms with Crippen molar-refractivity contribution in [2.75, 3.05) is 0 Å². The first kappa shape index (κ1) is 18.2. The standard InChI is InChI=1S/C23H29N3O/c1-15(16-5-7-17(8-6-16)18-9-11-25-12-10-18)26-23(27)21-13-19-3-2-4-20(14-21)22(19)24/h5-12,15,19-22H,2-4,13-14,24H2,1H3,(H,26,27). The number of aromatic nitrogens is 1. The maximum absolute atomic E-state index is 12.8. The fourth-order valence-electron chi connectivity index (χ4n) is 4.93. The van der Waals surface area contributed by atoms with Gasteiger partial charge >= 0.3 is 0 Å². The molecule has 2 fully saturated rings. The number of pyridine rings is 1. The highest BCUT2D eigenvalue weighted by Gasteiger charge is 2.40. The zero-order valence-corrected chi connectivity index (χ0v) is 16.0. The average molecular weight is 364 g/mol. The van der Waals surface area contributed by atoms with Gasteiger partial charge in [-0.3, -0.25) is 9.78 Å². The number of amides is 1. The summed E-state index contributed by atoms with van der Waals surface area (Å²) in [5, 5.41) is 3.24. The Balaban J connectivity index is 1.39. The van der Waals surface area contributed by atoms with Gasteiger partial charge in [-0.1, -0.05) is 30.7 Å². The summed E-state index contributed by atoms with van der Waals surface area (Å²) in [6.45, 7) is 2.06. The van der Waals surface area contributed by atoms with Crippen molar-refractivity contribution >= 4 is 5.91 Å². The van der Waals surface area contributed by atoms with Crippen LogP contribution in [0.1, 0.15) is 50.6 Å². The zero-order chi connectivity index (χ0) is 18.8. The van der Waals surface area contributed by atoms with Gasteiger partial charge in [0, 0.05) is 24.4 Å². The maximum atomic E-state index is 12.8. The molecule has 2 aliphatic rings. The molecule has 3 N–H and O–H groups in total. The van der Waals surface area contributed by atoms with E-state index in [1.54, 1.807) is 12.4 Å². The minimum absolute atomic E-state index is 0.0134. The van der Waals surface area contributed by atoms with Crippen molar-refractivity contribution in [1.29, 1.82) is 0 Å². The molecule has 0 saturated heterocycles. The molecule has 4 heteroatoms. The number of nitrogens with zero attached hydrogens (tertiary/aromatic N) is 1. The van der Waals surface area contributed by atoms with E-state index in [0.717, 1.165) is 29.5 Å². The molecule has 4 nitrogen and oxygen atoms in total. The second-order valence-corrected chi connectivity index (χ2v) is 8.28.